The molecular formula is C19H26N2O. The van der Waals surface area contributed by atoms with Gasteiger partial charge in [-0.1, -0.05) is 58.9 Å². The van der Waals surface area contributed by atoms with Crippen molar-refractivity contribution in [2.75, 3.05) is 0 Å². The number of nitrogens with zero attached hydrogens (tertiary/aromatic N) is 1. The highest BCUT2D eigenvalue weighted by Gasteiger charge is 2.46. The molecule has 1 aromatic carbocycles. The van der Waals surface area contributed by atoms with E-state index in [1.165, 1.54) is 5.56 Å². The van der Waals surface area contributed by atoms with Crippen molar-refractivity contribution in [2.45, 2.75) is 58.9 Å². The summed E-state index contributed by atoms with van der Waals surface area (Å²) >= 11 is 0. The van der Waals surface area contributed by atoms with E-state index in [1.807, 2.05) is 0 Å². The van der Waals surface area contributed by atoms with E-state index in [4.69, 9.17) is 0 Å². The molecule has 1 saturated carbocycles. The molecule has 1 aliphatic carbocycles. The fraction of sp³-hybridized carbons (Fsp3) is 0.579. The standard InChI is InChI=1S/C19H26N2O/c1-18(2,3)13-8-6-12(7-9-13)17-16-14(20-21-17)10-19(4,5)11-15(16)22/h6-9,14,16,20H,10-11H2,1-5H3/t14-,16-/m0/s1. The van der Waals surface area contributed by atoms with Crippen LogP contribution in [-0.2, 0) is 10.2 Å². The summed E-state index contributed by atoms with van der Waals surface area (Å²) in [6.45, 7) is 11.0. The molecule has 2 atom stereocenters. The smallest absolute Gasteiger partial charge is 0.144 e. The highest BCUT2D eigenvalue weighted by molar-refractivity contribution is 6.15. The van der Waals surface area contributed by atoms with Gasteiger partial charge in [-0.25, -0.2) is 0 Å². The molecule has 3 rings (SSSR count). The van der Waals surface area contributed by atoms with Gasteiger partial charge >= 0.3 is 0 Å². The van der Waals surface area contributed by atoms with Crippen LogP contribution in [0.2, 0.25) is 0 Å². The van der Waals surface area contributed by atoms with Crippen molar-refractivity contribution < 1.29 is 4.79 Å². The summed E-state index contributed by atoms with van der Waals surface area (Å²) in [6.07, 6.45) is 1.64. The van der Waals surface area contributed by atoms with Gasteiger partial charge in [0.1, 0.15) is 5.78 Å². The molecule has 22 heavy (non-hydrogen) atoms. The Bertz CT molecular complexity index is 620. The lowest BCUT2D eigenvalue weighted by Gasteiger charge is -2.36. The van der Waals surface area contributed by atoms with Crippen molar-refractivity contribution in [1.29, 1.82) is 0 Å². The number of benzene rings is 1. The van der Waals surface area contributed by atoms with Crippen LogP contribution in [0.15, 0.2) is 29.4 Å². The lowest BCUT2D eigenvalue weighted by atomic mass is 9.68. The van der Waals surface area contributed by atoms with Gasteiger partial charge in [0.05, 0.1) is 17.7 Å². The van der Waals surface area contributed by atoms with Crippen LogP contribution in [0, 0.1) is 11.3 Å². The first-order valence-electron chi connectivity index (χ1n) is 8.14. The monoisotopic (exact) mass is 298 g/mol. The minimum Gasteiger partial charge on any atom is -0.306 e. The second-order valence-electron chi connectivity index (χ2n) is 8.55. The van der Waals surface area contributed by atoms with E-state index >= 15 is 0 Å². The molecule has 2 aliphatic rings. The van der Waals surface area contributed by atoms with Gasteiger partial charge in [0.2, 0.25) is 0 Å². The van der Waals surface area contributed by atoms with Gasteiger partial charge in [-0.2, -0.15) is 5.10 Å². The zero-order valence-electron chi connectivity index (χ0n) is 14.2. The summed E-state index contributed by atoms with van der Waals surface area (Å²) < 4.78 is 0. The molecule has 1 aliphatic heterocycles. The quantitative estimate of drug-likeness (QED) is 0.859. The Kier molecular flexibility index (Phi) is 3.42. The van der Waals surface area contributed by atoms with Gasteiger partial charge in [-0.05, 0) is 28.4 Å². The van der Waals surface area contributed by atoms with Crippen LogP contribution in [0.5, 0.6) is 0 Å². The van der Waals surface area contributed by atoms with Crippen molar-refractivity contribution in [2.24, 2.45) is 16.4 Å². The maximum Gasteiger partial charge on any atom is 0.144 e. The van der Waals surface area contributed by atoms with Crippen molar-refractivity contribution >= 4 is 11.5 Å². The molecule has 1 fully saturated rings. The lowest BCUT2D eigenvalue weighted by molar-refractivity contribution is -0.126. The van der Waals surface area contributed by atoms with Gasteiger partial charge in [0, 0.05) is 6.42 Å². The first kappa shape index (κ1) is 15.3. The maximum absolute atomic E-state index is 12.6. The van der Waals surface area contributed by atoms with Crippen molar-refractivity contribution in [3.8, 4) is 0 Å². The molecule has 1 heterocycles. The Morgan fingerprint density at radius 3 is 2.41 bits per heavy atom. The predicted octanol–water partition coefficient (Wildman–Crippen LogP) is 3.67. The van der Waals surface area contributed by atoms with E-state index in [2.05, 4.69) is 69.4 Å². The summed E-state index contributed by atoms with van der Waals surface area (Å²) in [7, 11) is 0. The molecule has 0 unspecified atom stereocenters. The van der Waals surface area contributed by atoms with E-state index in [9.17, 15) is 4.79 Å². The van der Waals surface area contributed by atoms with Gasteiger partial charge < -0.3 is 5.43 Å². The number of carbonyl (C=O) groups excluding carboxylic acids is 1. The van der Waals surface area contributed by atoms with Crippen molar-refractivity contribution in [3.63, 3.8) is 0 Å². The highest BCUT2D eigenvalue weighted by atomic mass is 16.1. The fourth-order valence-electron chi connectivity index (χ4n) is 3.66. The average Bonchev–Trinajstić information content (AvgIpc) is 2.80. The summed E-state index contributed by atoms with van der Waals surface area (Å²) in [5, 5.41) is 4.50. The third-order valence-corrected chi connectivity index (χ3v) is 4.87. The number of rotatable bonds is 1. The SMILES string of the molecule is CC1(C)CC(=O)[C@H]2C(c3ccc(C(C)(C)C)cc3)=NN[C@H]2C1. The van der Waals surface area contributed by atoms with Crippen LogP contribution in [0.25, 0.3) is 0 Å². The number of hydrogen-bond acceptors (Lipinski definition) is 3. The molecule has 3 heteroatoms. The highest BCUT2D eigenvalue weighted by Crippen LogP contribution is 2.39. The number of hydrazone groups is 1. The van der Waals surface area contributed by atoms with E-state index in [0.29, 0.717) is 12.2 Å². The predicted molar refractivity (Wildman–Crippen MR) is 90.1 cm³/mol. The third kappa shape index (κ3) is 2.69. The van der Waals surface area contributed by atoms with Crippen LogP contribution < -0.4 is 5.43 Å². The van der Waals surface area contributed by atoms with Crippen LogP contribution in [-0.4, -0.2) is 17.5 Å². The van der Waals surface area contributed by atoms with E-state index in [1.54, 1.807) is 0 Å². The summed E-state index contributed by atoms with van der Waals surface area (Å²) in [4.78, 5) is 12.6. The summed E-state index contributed by atoms with van der Waals surface area (Å²) in [6, 6.07) is 8.69. The zero-order valence-corrected chi connectivity index (χ0v) is 14.2. The van der Waals surface area contributed by atoms with Crippen LogP contribution in [0.1, 0.15) is 58.6 Å². The van der Waals surface area contributed by atoms with Gasteiger partial charge in [-0.15, -0.1) is 0 Å². The molecular weight excluding hydrogens is 272 g/mol. The van der Waals surface area contributed by atoms with E-state index in [-0.39, 0.29) is 22.8 Å². The molecule has 0 aromatic heterocycles. The summed E-state index contributed by atoms with van der Waals surface area (Å²) in [5.74, 6) is 0.249. The molecule has 0 radical (unpaired) electrons. The number of fused-ring (bicyclic) bond motifs is 1. The number of ketones is 1. The normalized spacial score (nSPS) is 27.1. The minimum atomic E-state index is -0.0755. The molecule has 3 nitrogen and oxygen atoms in total. The van der Waals surface area contributed by atoms with Crippen LogP contribution in [0.4, 0.5) is 0 Å². The number of nitrogens with one attached hydrogen (secondary N) is 1. The topological polar surface area (TPSA) is 41.5 Å². The Labute approximate surface area is 133 Å². The maximum atomic E-state index is 12.6. The minimum absolute atomic E-state index is 0.0755. The first-order chi connectivity index (χ1) is 10.2. The Balaban J connectivity index is 1.86. The third-order valence-electron chi connectivity index (χ3n) is 4.87. The van der Waals surface area contributed by atoms with E-state index < -0.39 is 0 Å². The molecule has 1 N–H and O–H groups in total. The second-order valence-corrected chi connectivity index (χ2v) is 8.55. The largest absolute Gasteiger partial charge is 0.306 e. The number of hydrogen-bond donors (Lipinski definition) is 1. The Hall–Kier alpha value is -1.64. The van der Waals surface area contributed by atoms with E-state index in [0.717, 1.165) is 17.7 Å². The number of Topliss-reactive ketones (excluding diaryl/α,β-unsaturated/α-hetero) is 1. The van der Waals surface area contributed by atoms with Gasteiger partial charge in [0.25, 0.3) is 0 Å². The number of carbonyl (C=O) groups is 1. The van der Waals surface area contributed by atoms with Crippen LogP contribution in [0.3, 0.4) is 0 Å². The first-order valence-corrected chi connectivity index (χ1v) is 8.14. The average molecular weight is 298 g/mol. The molecule has 0 bridgehead atoms. The van der Waals surface area contributed by atoms with Crippen LogP contribution >= 0.6 is 0 Å². The summed E-state index contributed by atoms with van der Waals surface area (Å²) in [5.41, 5.74) is 6.72. The van der Waals surface area contributed by atoms with Gasteiger partial charge in [0.15, 0.2) is 0 Å². The fourth-order valence-corrected chi connectivity index (χ4v) is 3.66. The molecule has 0 amide bonds. The molecule has 0 saturated heterocycles. The van der Waals surface area contributed by atoms with Gasteiger partial charge in [-0.3, -0.25) is 4.79 Å². The Morgan fingerprint density at radius 1 is 1.18 bits per heavy atom. The molecule has 118 valence electrons. The second kappa shape index (κ2) is 4.94. The van der Waals surface area contributed by atoms with Crippen molar-refractivity contribution in [1.82, 2.24) is 5.43 Å². The lowest BCUT2D eigenvalue weighted by Crippen LogP contribution is -2.45. The Morgan fingerprint density at radius 2 is 1.82 bits per heavy atom. The van der Waals surface area contributed by atoms with Crippen molar-refractivity contribution in [3.05, 3.63) is 35.4 Å². The zero-order chi connectivity index (χ0) is 16.1. The molecule has 1 aromatic rings. The molecule has 0 spiro atoms.